The van der Waals surface area contributed by atoms with Gasteiger partial charge in [0.2, 0.25) is 0 Å². The molecule has 138 valence electrons. The molecule has 1 aromatic carbocycles. The van der Waals surface area contributed by atoms with E-state index in [0.29, 0.717) is 17.6 Å². The number of carbonyl (C=O) groups is 1. The van der Waals surface area contributed by atoms with Crippen molar-refractivity contribution in [2.45, 2.75) is 58.1 Å². The van der Waals surface area contributed by atoms with Crippen molar-refractivity contribution in [3.05, 3.63) is 28.2 Å². The molecule has 26 heavy (non-hydrogen) atoms. The number of thioether (sulfide) groups is 1. The van der Waals surface area contributed by atoms with Crippen LogP contribution in [0, 0.1) is 0 Å². The largest absolute Gasteiger partial charge is 0.493 e. The van der Waals surface area contributed by atoms with Gasteiger partial charge in [0.1, 0.15) is 17.6 Å². The molecule has 2 aliphatic heterocycles. The first-order valence-corrected chi connectivity index (χ1v) is 10.2. The van der Waals surface area contributed by atoms with Gasteiger partial charge in [0, 0.05) is 17.5 Å². The lowest BCUT2D eigenvalue weighted by molar-refractivity contribution is -0.115. The number of amidine groups is 1. The molecule has 1 saturated heterocycles. The smallest absolute Gasteiger partial charge is 0.264 e. The molecule has 1 aromatic rings. The molecule has 0 unspecified atom stereocenters. The molecule has 1 N–H and O–H groups in total. The number of benzene rings is 1. The molecule has 1 aliphatic carbocycles. The molecule has 2 heterocycles. The molecule has 5 nitrogen and oxygen atoms in total. The van der Waals surface area contributed by atoms with E-state index in [9.17, 15) is 4.79 Å². The van der Waals surface area contributed by atoms with Crippen LogP contribution in [0.2, 0.25) is 0 Å². The van der Waals surface area contributed by atoms with E-state index in [1.807, 2.05) is 25.1 Å². The summed E-state index contributed by atoms with van der Waals surface area (Å²) in [6.07, 6.45) is 7.65. The van der Waals surface area contributed by atoms with Crippen LogP contribution in [0.5, 0.6) is 11.5 Å². The summed E-state index contributed by atoms with van der Waals surface area (Å²) in [5.74, 6) is 1.59. The fraction of sp³-hybridized carbons (Fsp3) is 0.500. The monoisotopic (exact) mass is 372 g/mol. The number of amides is 1. The Hall–Kier alpha value is -1.95. The Morgan fingerprint density at radius 2 is 2.19 bits per heavy atom. The molecule has 0 spiro atoms. The maximum atomic E-state index is 12.4. The summed E-state index contributed by atoms with van der Waals surface area (Å²) < 4.78 is 11.7. The third-order valence-electron chi connectivity index (χ3n) is 4.89. The second-order valence-corrected chi connectivity index (χ2v) is 8.03. The molecule has 1 atom stereocenters. The average molecular weight is 372 g/mol. The third-order valence-corrected chi connectivity index (χ3v) is 5.81. The van der Waals surface area contributed by atoms with Gasteiger partial charge in [0.15, 0.2) is 5.17 Å². The number of aliphatic imine (C=N–C) groups is 1. The van der Waals surface area contributed by atoms with Crippen LogP contribution in [0.4, 0.5) is 0 Å². The highest BCUT2D eigenvalue weighted by atomic mass is 32.2. The van der Waals surface area contributed by atoms with Crippen molar-refractivity contribution < 1.29 is 14.3 Å². The standard InChI is InChI=1S/C20H24N2O3S/c1-3-24-16-9-13-8-12(2)25-17(13)10-14(16)11-18-19(23)22-20(26-18)21-15-6-4-5-7-15/h9-12,15H,3-8H2,1-2H3,(H,21,22,23)/b18-11+/t12-/m1/s1. The SMILES string of the molecule is CCOc1cc2c(cc1/C=C1/SC(=NC3CCCC3)NC1=O)O[C@H](C)C2. The zero-order valence-electron chi connectivity index (χ0n) is 15.2. The highest BCUT2D eigenvalue weighted by Gasteiger charge is 2.27. The van der Waals surface area contributed by atoms with Crippen LogP contribution in [-0.2, 0) is 11.2 Å². The van der Waals surface area contributed by atoms with Crippen LogP contribution in [-0.4, -0.2) is 29.8 Å². The highest BCUT2D eigenvalue weighted by Crippen LogP contribution is 2.38. The second kappa shape index (κ2) is 7.35. The van der Waals surface area contributed by atoms with E-state index in [1.54, 1.807) is 0 Å². The summed E-state index contributed by atoms with van der Waals surface area (Å²) in [4.78, 5) is 17.7. The minimum Gasteiger partial charge on any atom is -0.493 e. The van der Waals surface area contributed by atoms with E-state index in [4.69, 9.17) is 14.5 Å². The summed E-state index contributed by atoms with van der Waals surface area (Å²) >= 11 is 1.42. The Bertz CT molecular complexity index is 782. The van der Waals surface area contributed by atoms with Crippen molar-refractivity contribution in [2.24, 2.45) is 4.99 Å². The summed E-state index contributed by atoms with van der Waals surface area (Å²) in [7, 11) is 0. The van der Waals surface area contributed by atoms with Gasteiger partial charge in [-0.05, 0) is 56.7 Å². The quantitative estimate of drug-likeness (QED) is 0.814. The minimum absolute atomic E-state index is 0.0935. The number of ether oxygens (including phenoxy) is 2. The Balaban J connectivity index is 1.61. The van der Waals surface area contributed by atoms with E-state index < -0.39 is 0 Å². The van der Waals surface area contributed by atoms with Crippen molar-refractivity contribution in [1.29, 1.82) is 0 Å². The van der Waals surface area contributed by atoms with Gasteiger partial charge in [0.25, 0.3) is 5.91 Å². The maximum Gasteiger partial charge on any atom is 0.264 e. The molecule has 2 fully saturated rings. The number of hydrogen-bond acceptors (Lipinski definition) is 5. The molecule has 6 heteroatoms. The van der Waals surface area contributed by atoms with Crippen LogP contribution in [0.1, 0.15) is 50.7 Å². The lowest BCUT2D eigenvalue weighted by Gasteiger charge is -2.10. The van der Waals surface area contributed by atoms with Crippen molar-refractivity contribution in [1.82, 2.24) is 5.32 Å². The molecular formula is C20H24N2O3S. The van der Waals surface area contributed by atoms with Crippen LogP contribution in [0.3, 0.4) is 0 Å². The number of nitrogens with one attached hydrogen (secondary N) is 1. The molecule has 1 amide bonds. The van der Waals surface area contributed by atoms with Gasteiger partial charge in [-0.1, -0.05) is 12.8 Å². The zero-order valence-corrected chi connectivity index (χ0v) is 16.0. The van der Waals surface area contributed by atoms with Crippen LogP contribution in [0.15, 0.2) is 22.0 Å². The molecule has 3 aliphatic rings. The summed E-state index contributed by atoms with van der Waals surface area (Å²) in [6, 6.07) is 4.38. The zero-order chi connectivity index (χ0) is 18.1. The number of fused-ring (bicyclic) bond motifs is 1. The lowest BCUT2D eigenvalue weighted by Crippen LogP contribution is -2.21. The molecule has 0 aromatic heterocycles. The highest BCUT2D eigenvalue weighted by molar-refractivity contribution is 8.18. The Morgan fingerprint density at radius 3 is 2.96 bits per heavy atom. The molecule has 4 rings (SSSR count). The van der Waals surface area contributed by atoms with Gasteiger partial charge < -0.3 is 14.8 Å². The van der Waals surface area contributed by atoms with Crippen molar-refractivity contribution in [3.8, 4) is 11.5 Å². The second-order valence-electron chi connectivity index (χ2n) is 7.00. The van der Waals surface area contributed by atoms with E-state index in [1.165, 1.54) is 24.6 Å². The Kier molecular flexibility index (Phi) is 4.94. The third kappa shape index (κ3) is 3.61. The van der Waals surface area contributed by atoms with Crippen LogP contribution < -0.4 is 14.8 Å². The number of carbonyl (C=O) groups excluding carboxylic acids is 1. The van der Waals surface area contributed by atoms with E-state index >= 15 is 0 Å². The van der Waals surface area contributed by atoms with Crippen molar-refractivity contribution in [3.63, 3.8) is 0 Å². The predicted molar refractivity (Wildman–Crippen MR) is 105 cm³/mol. The summed E-state index contributed by atoms with van der Waals surface area (Å²) in [6.45, 7) is 4.61. The molecule has 1 saturated carbocycles. The Labute approximate surface area is 158 Å². The van der Waals surface area contributed by atoms with Crippen LogP contribution in [0.25, 0.3) is 6.08 Å². The van der Waals surface area contributed by atoms with Crippen LogP contribution >= 0.6 is 11.8 Å². The molecule has 0 radical (unpaired) electrons. The average Bonchev–Trinajstić information content (AvgIpc) is 3.30. The number of nitrogens with zero attached hydrogens (tertiary/aromatic N) is 1. The first-order chi connectivity index (χ1) is 12.6. The fourth-order valence-corrected chi connectivity index (χ4v) is 4.56. The lowest BCUT2D eigenvalue weighted by atomic mass is 10.1. The molecule has 0 bridgehead atoms. The van der Waals surface area contributed by atoms with E-state index in [-0.39, 0.29) is 12.0 Å². The number of hydrogen-bond donors (Lipinski definition) is 1. The van der Waals surface area contributed by atoms with Gasteiger partial charge in [-0.3, -0.25) is 9.79 Å². The van der Waals surface area contributed by atoms with Crippen molar-refractivity contribution in [2.75, 3.05) is 6.61 Å². The predicted octanol–water partition coefficient (Wildman–Crippen LogP) is 3.91. The van der Waals surface area contributed by atoms with Gasteiger partial charge in [-0.25, -0.2) is 0 Å². The topological polar surface area (TPSA) is 59.9 Å². The first kappa shape index (κ1) is 17.5. The summed E-state index contributed by atoms with van der Waals surface area (Å²) in [5, 5.41) is 3.62. The fourth-order valence-electron chi connectivity index (χ4n) is 3.68. The van der Waals surface area contributed by atoms with E-state index in [0.717, 1.165) is 47.1 Å². The van der Waals surface area contributed by atoms with Gasteiger partial charge in [0.05, 0.1) is 17.6 Å². The normalized spacial score (nSPS) is 25.6. The molecular weight excluding hydrogens is 348 g/mol. The summed E-state index contributed by atoms with van der Waals surface area (Å²) in [5.41, 5.74) is 2.04. The minimum atomic E-state index is -0.0935. The van der Waals surface area contributed by atoms with Gasteiger partial charge in [-0.15, -0.1) is 0 Å². The van der Waals surface area contributed by atoms with Gasteiger partial charge in [-0.2, -0.15) is 0 Å². The first-order valence-electron chi connectivity index (χ1n) is 9.37. The number of rotatable bonds is 4. The Morgan fingerprint density at radius 1 is 1.38 bits per heavy atom. The van der Waals surface area contributed by atoms with E-state index in [2.05, 4.69) is 12.2 Å². The van der Waals surface area contributed by atoms with Crippen molar-refractivity contribution >= 4 is 28.9 Å². The van der Waals surface area contributed by atoms with Gasteiger partial charge >= 0.3 is 0 Å². The maximum absolute atomic E-state index is 12.4.